The summed E-state index contributed by atoms with van der Waals surface area (Å²) in [4.78, 5) is 9.20. The molecular weight excluding hydrogens is 294 g/mol. The lowest BCUT2D eigenvalue weighted by molar-refractivity contribution is 0.251. The second kappa shape index (κ2) is 7.91. The van der Waals surface area contributed by atoms with Gasteiger partial charge in [0.25, 0.3) is 0 Å². The van der Waals surface area contributed by atoms with Crippen LogP contribution in [0.4, 0.5) is 0 Å². The highest BCUT2D eigenvalue weighted by atomic mass is 15.1. The first-order valence-electron chi connectivity index (χ1n) is 9.00. The summed E-state index contributed by atoms with van der Waals surface area (Å²) in [6.07, 6.45) is 6.12. The van der Waals surface area contributed by atoms with Gasteiger partial charge in [-0.25, -0.2) is 0 Å². The van der Waals surface area contributed by atoms with E-state index in [1.807, 2.05) is 18.5 Å². The first-order chi connectivity index (χ1) is 11.6. The van der Waals surface area contributed by atoms with Crippen LogP contribution in [-0.2, 0) is 19.5 Å². The maximum absolute atomic E-state index is 4.18. The van der Waals surface area contributed by atoms with E-state index >= 15 is 0 Å². The smallest absolute Gasteiger partial charge is 0.0300 e. The minimum atomic E-state index is 1.08. The van der Waals surface area contributed by atoms with Gasteiger partial charge in [0.05, 0.1) is 0 Å². The molecule has 0 saturated carbocycles. The summed E-state index contributed by atoms with van der Waals surface area (Å²) in [7, 11) is 2.22. The molecule has 1 aliphatic rings. The average molecular weight is 323 g/mol. The number of nitrogens with zero attached hydrogens (tertiary/aromatic N) is 3. The fraction of sp³-hybridized carbons (Fsp3) is 0.476. The number of hydrogen-bond acceptors (Lipinski definition) is 3. The lowest BCUT2D eigenvalue weighted by Gasteiger charge is -2.19. The molecular formula is C21H29N3. The summed E-state index contributed by atoms with van der Waals surface area (Å²) in [6, 6.07) is 8.94. The lowest BCUT2D eigenvalue weighted by atomic mass is 10.0. The molecule has 1 aromatic carbocycles. The Labute approximate surface area is 146 Å². The van der Waals surface area contributed by atoms with Crippen LogP contribution in [-0.4, -0.2) is 41.5 Å². The molecule has 1 aliphatic heterocycles. The Balaban J connectivity index is 1.38. The first kappa shape index (κ1) is 17.1. The number of aryl methyl sites for hydroxylation is 2. The van der Waals surface area contributed by atoms with Crippen molar-refractivity contribution in [2.75, 3.05) is 26.7 Å². The third-order valence-corrected chi connectivity index (χ3v) is 5.12. The predicted molar refractivity (Wildman–Crippen MR) is 100 cm³/mol. The van der Waals surface area contributed by atoms with Crippen molar-refractivity contribution in [3.63, 3.8) is 0 Å². The topological polar surface area (TPSA) is 19.4 Å². The number of hydrogen-bond donors (Lipinski definition) is 0. The molecule has 3 rings (SSSR count). The molecule has 3 nitrogen and oxygen atoms in total. The van der Waals surface area contributed by atoms with E-state index in [1.165, 1.54) is 40.8 Å². The number of aromatic nitrogens is 1. The van der Waals surface area contributed by atoms with Crippen molar-refractivity contribution in [3.8, 4) is 0 Å². The van der Waals surface area contributed by atoms with E-state index in [0.717, 1.165) is 32.6 Å². The molecule has 0 N–H and O–H groups in total. The Morgan fingerprint density at radius 3 is 2.42 bits per heavy atom. The van der Waals surface area contributed by atoms with E-state index in [0.29, 0.717) is 0 Å². The van der Waals surface area contributed by atoms with Gasteiger partial charge in [-0.05, 0) is 74.2 Å². The Bertz CT molecular complexity index is 635. The van der Waals surface area contributed by atoms with Crippen molar-refractivity contribution < 1.29 is 0 Å². The standard InChI is InChI=1S/C21H29N3/c1-17-12-20-15-24(16-21(20)13-18(17)2)10-5-9-23(3)11-7-19-6-4-8-22-14-19/h4,6,8,12-14H,5,7,9-11,15-16H2,1-3H3. The van der Waals surface area contributed by atoms with Crippen LogP contribution in [0.1, 0.15) is 34.2 Å². The largest absolute Gasteiger partial charge is 0.306 e. The van der Waals surface area contributed by atoms with Gasteiger partial charge in [0.2, 0.25) is 0 Å². The van der Waals surface area contributed by atoms with E-state index in [-0.39, 0.29) is 0 Å². The van der Waals surface area contributed by atoms with Gasteiger partial charge < -0.3 is 4.90 Å². The van der Waals surface area contributed by atoms with E-state index in [9.17, 15) is 0 Å². The Kier molecular flexibility index (Phi) is 5.64. The first-order valence-corrected chi connectivity index (χ1v) is 9.00. The molecule has 0 fully saturated rings. The average Bonchev–Trinajstić information content (AvgIpc) is 2.96. The van der Waals surface area contributed by atoms with Gasteiger partial charge in [0.1, 0.15) is 0 Å². The van der Waals surface area contributed by atoms with Crippen molar-refractivity contribution in [3.05, 3.63) is 64.5 Å². The predicted octanol–water partition coefficient (Wildman–Crippen LogP) is 3.58. The van der Waals surface area contributed by atoms with Crippen LogP contribution in [0.5, 0.6) is 0 Å². The van der Waals surface area contributed by atoms with Crippen molar-refractivity contribution in [2.45, 2.75) is 39.8 Å². The van der Waals surface area contributed by atoms with Gasteiger partial charge in [0.15, 0.2) is 0 Å². The van der Waals surface area contributed by atoms with Crippen LogP contribution < -0.4 is 0 Å². The van der Waals surface area contributed by atoms with Crippen LogP contribution in [0, 0.1) is 13.8 Å². The van der Waals surface area contributed by atoms with Gasteiger partial charge >= 0.3 is 0 Å². The highest BCUT2D eigenvalue weighted by Crippen LogP contribution is 2.25. The Morgan fingerprint density at radius 2 is 1.79 bits per heavy atom. The molecule has 1 aromatic heterocycles. The van der Waals surface area contributed by atoms with Crippen molar-refractivity contribution in [1.29, 1.82) is 0 Å². The maximum Gasteiger partial charge on any atom is 0.0300 e. The fourth-order valence-electron chi connectivity index (χ4n) is 3.47. The molecule has 0 spiro atoms. The SMILES string of the molecule is Cc1cc2c(cc1C)CN(CCCN(C)CCc1cccnc1)C2. The highest BCUT2D eigenvalue weighted by Gasteiger charge is 2.19. The van der Waals surface area contributed by atoms with E-state index in [2.05, 4.69) is 53.9 Å². The number of likely N-dealkylation sites (N-methyl/N-ethyl adjacent to an activating group) is 1. The second-order valence-electron chi connectivity index (χ2n) is 7.18. The van der Waals surface area contributed by atoms with Gasteiger partial charge in [-0.3, -0.25) is 9.88 Å². The summed E-state index contributed by atoms with van der Waals surface area (Å²) < 4.78 is 0. The van der Waals surface area contributed by atoms with Gasteiger partial charge in [-0.2, -0.15) is 0 Å². The van der Waals surface area contributed by atoms with Gasteiger partial charge in [0, 0.05) is 38.6 Å². The molecule has 0 bridgehead atoms. The summed E-state index contributed by atoms with van der Waals surface area (Å²) in [5.74, 6) is 0. The molecule has 0 saturated heterocycles. The van der Waals surface area contributed by atoms with Crippen LogP contribution in [0.2, 0.25) is 0 Å². The molecule has 0 radical (unpaired) electrons. The number of benzene rings is 1. The zero-order valence-corrected chi connectivity index (χ0v) is 15.3. The summed E-state index contributed by atoms with van der Waals surface area (Å²) >= 11 is 0. The molecule has 0 atom stereocenters. The van der Waals surface area contributed by atoms with Crippen LogP contribution in [0.3, 0.4) is 0 Å². The minimum Gasteiger partial charge on any atom is -0.306 e. The molecule has 2 aromatic rings. The third kappa shape index (κ3) is 4.43. The maximum atomic E-state index is 4.18. The fourth-order valence-corrected chi connectivity index (χ4v) is 3.47. The Hall–Kier alpha value is -1.71. The zero-order chi connectivity index (χ0) is 16.9. The van der Waals surface area contributed by atoms with Crippen molar-refractivity contribution in [2.24, 2.45) is 0 Å². The van der Waals surface area contributed by atoms with Crippen molar-refractivity contribution >= 4 is 0 Å². The molecule has 24 heavy (non-hydrogen) atoms. The molecule has 2 heterocycles. The second-order valence-corrected chi connectivity index (χ2v) is 7.18. The summed E-state index contributed by atoms with van der Waals surface area (Å²) in [6.45, 7) is 10.1. The van der Waals surface area contributed by atoms with E-state index in [4.69, 9.17) is 0 Å². The summed E-state index contributed by atoms with van der Waals surface area (Å²) in [5.41, 5.74) is 7.23. The van der Waals surface area contributed by atoms with E-state index in [1.54, 1.807) is 0 Å². The minimum absolute atomic E-state index is 1.08. The quantitative estimate of drug-likeness (QED) is 0.776. The van der Waals surface area contributed by atoms with Gasteiger partial charge in [-0.15, -0.1) is 0 Å². The molecule has 0 unspecified atom stereocenters. The Morgan fingerprint density at radius 1 is 1.08 bits per heavy atom. The normalized spacial score (nSPS) is 14.3. The number of fused-ring (bicyclic) bond motifs is 1. The van der Waals surface area contributed by atoms with Crippen LogP contribution >= 0.6 is 0 Å². The molecule has 3 heteroatoms. The number of pyridine rings is 1. The summed E-state index contributed by atoms with van der Waals surface area (Å²) in [5, 5.41) is 0. The van der Waals surface area contributed by atoms with Gasteiger partial charge in [-0.1, -0.05) is 18.2 Å². The van der Waals surface area contributed by atoms with Crippen LogP contribution in [0.25, 0.3) is 0 Å². The monoisotopic (exact) mass is 323 g/mol. The molecule has 0 aliphatic carbocycles. The highest BCUT2D eigenvalue weighted by molar-refractivity contribution is 5.39. The lowest BCUT2D eigenvalue weighted by Crippen LogP contribution is -2.26. The molecule has 128 valence electrons. The zero-order valence-electron chi connectivity index (χ0n) is 15.3. The van der Waals surface area contributed by atoms with Crippen molar-refractivity contribution in [1.82, 2.24) is 14.8 Å². The van der Waals surface area contributed by atoms with E-state index < -0.39 is 0 Å². The number of rotatable bonds is 7. The molecule has 0 amide bonds. The van der Waals surface area contributed by atoms with Crippen LogP contribution in [0.15, 0.2) is 36.7 Å². The third-order valence-electron chi connectivity index (χ3n) is 5.12.